The van der Waals surface area contributed by atoms with Gasteiger partial charge in [-0.25, -0.2) is 0 Å². The van der Waals surface area contributed by atoms with Crippen LogP contribution in [0.25, 0.3) is 0 Å². The van der Waals surface area contributed by atoms with Crippen LogP contribution in [0, 0.1) is 5.92 Å². The lowest BCUT2D eigenvalue weighted by Crippen LogP contribution is -2.50. The zero-order valence-electron chi connectivity index (χ0n) is 12.2. The fourth-order valence-electron chi connectivity index (χ4n) is 3.89. The zero-order valence-corrected chi connectivity index (χ0v) is 13.0. The van der Waals surface area contributed by atoms with Crippen LogP contribution in [-0.4, -0.2) is 34.8 Å². The third-order valence-electron chi connectivity index (χ3n) is 4.89. The van der Waals surface area contributed by atoms with Gasteiger partial charge >= 0.3 is 0 Å². The van der Waals surface area contributed by atoms with Gasteiger partial charge in [0.2, 0.25) is 0 Å². The minimum absolute atomic E-state index is 0.418. The molecule has 0 aromatic carbocycles. The van der Waals surface area contributed by atoms with Gasteiger partial charge in [0.05, 0.1) is 12.7 Å². The van der Waals surface area contributed by atoms with E-state index in [1.54, 1.807) is 0 Å². The topological polar surface area (TPSA) is 17.4 Å². The second kappa shape index (κ2) is 5.95. The summed E-state index contributed by atoms with van der Waals surface area (Å²) in [6.45, 7) is 4.16. The summed E-state index contributed by atoms with van der Waals surface area (Å²) in [5.41, 5.74) is 0. The Hall–Kier alpha value is -1.10. The second-order valence-corrected chi connectivity index (χ2v) is 7.20. The van der Waals surface area contributed by atoms with Crippen molar-refractivity contribution in [3.05, 3.63) is 46.9 Å². The van der Waals surface area contributed by atoms with E-state index in [9.17, 15) is 0 Å². The summed E-state index contributed by atoms with van der Waals surface area (Å²) in [4.78, 5) is 4.12. The third-order valence-corrected chi connectivity index (χ3v) is 5.75. The normalized spacial score (nSPS) is 29.6. The van der Waals surface area contributed by atoms with Crippen LogP contribution in [0.4, 0.5) is 0 Å². The largest absolute Gasteiger partial charge is 0.375 e. The van der Waals surface area contributed by atoms with Crippen molar-refractivity contribution in [1.29, 1.82) is 0 Å². The Labute approximate surface area is 130 Å². The highest BCUT2D eigenvalue weighted by Gasteiger charge is 2.42. The molecule has 4 rings (SSSR count). The van der Waals surface area contributed by atoms with Crippen LogP contribution >= 0.6 is 11.3 Å². The van der Waals surface area contributed by atoms with Crippen molar-refractivity contribution in [3.63, 3.8) is 0 Å². The molecule has 3 nitrogen and oxygen atoms in total. The van der Waals surface area contributed by atoms with E-state index in [2.05, 4.69) is 51.5 Å². The first-order chi connectivity index (χ1) is 10.4. The lowest BCUT2D eigenvalue weighted by molar-refractivity contribution is -0.0783. The van der Waals surface area contributed by atoms with Gasteiger partial charge in [-0.2, -0.15) is 0 Å². The second-order valence-electron chi connectivity index (χ2n) is 6.17. The Balaban J connectivity index is 1.44. The molecule has 112 valence electrons. The van der Waals surface area contributed by atoms with Gasteiger partial charge in [0.15, 0.2) is 0 Å². The molecule has 4 heteroatoms. The van der Waals surface area contributed by atoms with Gasteiger partial charge in [-0.15, -0.1) is 11.3 Å². The number of rotatable bonds is 4. The molecule has 21 heavy (non-hydrogen) atoms. The maximum atomic E-state index is 6.16. The lowest BCUT2D eigenvalue weighted by Gasteiger charge is -2.39. The van der Waals surface area contributed by atoms with Crippen LogP contribution in [0.15, 0.2) is 42.0 Å². The van der Waals surface area contributed by atoms with Gasteiger partial charge in [0, 0.05) is 48.9 Å². The molecule has 1 aliphatic heterocycles. The quantitative estimate of drug-likeness (QED) is 0.863. The molecule has 3 heterocycles. The minimum Gasteiger partial charge on any atom is -0.375 e. The molecule has 2 aromatic rings. The number of nitrogens with zero attached hydrogens (tertiary/aromatic N) is 2. The van der Waals surface area contributed by atoms with E-state index in [0.29, 0.717) is 18.1 Å². The molecule has 3 atom stereocenters. The van der Waals surface area contributed by atoms with E-state index in [1.165, 1.54) is 17.7 Å². The Bertz CT molecular complexity index is 551. The van der Waals surface area contributed by atoms with Crippen molar-refractivity contribution in [2.75, 3.05) is 13.2 Å². The summed E-state index contributed by atoms with van der Waals surface area (Å²) in [5.74, 6) is 0.661. The van der Waals surface area contributed by atoms with E-state index in [-0.39, 0.29) is 0 Å². The van der Waals surface area contributed by atoms with Gasteiger partial charge < -0.3 is 9.30 Å². The van der Waals surface area contributed by atoms with Crippen LogP contribution in [0.1, 0.15) is 17.7 Å². The van der Waals surface area contributed by atoms with Crippen LogP contribution in [-0.2, 0) is 17.8 Å². The van der Waals surface area contributed by atoms with Crippen LogP contribution in [0.5, 0.6) is 0 Å². The highest BCUT2D eigenvalue weighted by atomic mass is 32.1. The van der Waals surface area contributed by atoms with Crippen LogP contribution in [0.3, 0.4) is 0 Å². The molecule has 2 aromatic heterocycles. The smallest absolute Gasteiger partial charge is 0.0776 e. The number of hydrogen-bond acceptors (Lipinski definition) is 3. The minimum atomic E-state index is 0.418. The van der Waals surface area contributed by atoms with E-state index in [4.69, 9.17) is 4.74 Å². The van der Waals surface area contributed by atoms with E-state index < -0.39 is 0 Å². The summed E-state index contributed by atoms with van der Waals surface area (Å²) in [5, 5.41) is 2.18. The fraction of sp³-hybridized carbons (Fsp3) is 0.529. The molecular weight excluding hydrogens is 280 g/mol. The average Bonchev–Trinajstić information content (AvgIpc) is 3.22. The number of thiophene rings is 1. The molecule has 0 unspecified atom stereocenters. The number of morpholine rings is 1. The van der Waals surface area contributed by atoms with Crippen molar-refractivity contribution in [2.45, 2.75) is 38.1 Å². The molecule has 0 radical (unpaired) electrons. The van der Waals surface area contributed by atoms with Gasteiger partial charge in [-0.05, 0) is 36.4 Å². The maximum absolute atomic E-state index is 6.16. The monoisotopic (exact) mass is 302 g/mol. The zero-order chi connectivity index (χ0) is 14.1. The van der Waals surface area contributed by atoms with Gasteiger partial charge in [-0.1, -0.05) is 6.07 Å². The fourth-order valence-corrected chi connectivity index (χ4v) is 4.62. The first-order valence-electron chi connectivity index (χ1n) is 7.89. The number of fused-ring (bicyclic) bond motifs is 1. The predicted octanol–water partition coefficient (Wildman–Crippen LogP) is 3.23. The number of ether oxygens (including phenoxy) is 1. The number of hydrogen-bond donors (Lipinski definition) is 0. The predicted molar refractivity (Wildman–Crippen MR) is 85.4 cm³/mol. The van der Waals surface area contributed by atoms with Crippen molar-refractivity contribution in [2.24, 2.45) is 5.92 Å². The molecule has 0 amide bonds. The molecule has 2 aliphatic rings. The maximum Gasteiger partial charge on any atom is 0.0776 e. The van der Waals surface area contributed by atoms with E-state index in [1.807, 2.05) is 11.3 Å². The molecule has 0 bridgehead atoms. The summed E-state index contributed by atoms with van der Waals surface area (Å²) in [7, 11) is 0. The van der Waals surface area contributed by atoms with Crippen molar-refractivity contribution in [3.8, 4) is 0 Å². The average molecular weight is 302 g/mol. The third kappa shape index (κ3) is 2.80. The Morgan fingerprint density at radius 1 is 1.19 bits per heavy atom. The Morgan fingerprint density at radius 2 is 2.10 bits per heavy atom. The first-order valence-corrected chi connectivity index (χ1v) is 8.77. The van der Waals surface area contributed by atoms with Gasteiger partial charge in [0.1, 0.15) is 0 Å². The van der Waals surface area contributed by atoms with Crippen molar-refractivity contribution in [1.82, 2.24) is 9.47 Å². The van der Waals surface area contributed by atoms with Gasteiger partial charge in [0.25, 0.3) is 0 Å². The first kappa shape index (κ1) is 13.6. The molecule has 0 N–H and O–H groups in total. The Morgan fingerprint density at radius 3 is 2.90 bits per heavy atom. The highest BCUT2D eigenvalue weighted by molar-refractivity contribution is 7.09. The molecule has 1 saturated heterocycles. The molecule has 0 spiro atoms. The van der Waals surface area contributed by atoms with Crippen LogP contribution < -0.4 is 0 Å². The summed E-state index contributed by atoms with van der Waals surface area (Å²) in [6.07, 6.45) is 7.32. The van der Waals surface area contributed by atoms with Gasteiger partial charge in [-0.3, -0.25) is 4.90 Å². The number of aromatic nitrogens is 1. The molecule has 2 fully saturated rings. The summed E-state index contributed by atoms with van der Waals surface area (Å²) in [6, 6.07) is 9.23. The SMILES string of the molecule is c1csc(CN2CCO[C@@H]3[C@@H](Cn4cccc4)CC[C@@H]32)c1. The molecular formula is C17H22N2OS. The van der Waals surface area contributed by atoms with E-state index >= 15 is 0 Å². The van der Waals surface area contributed by atoms with Crippen LogP contribution in [0.2, 0.25) is 0 Å². The summed E-state index contributed by atoms with van der Waals surface area (Å²) < 4.78 is 8.46. The van der Waals surface area contributed by atoms with Crippen molar-refractivity contribution < 1.29 is 4.74 Å². The van der Waals surface area contributed by atoms with Crippen molar-refractivity contribution >= 4 is 11.3 Å². The Kier molecular flexibility index (Phi) is 3.84. The molecule has 1 saturated carbocycles. The standard InChI is InChI=1S/C17H22N2OS/c1-2-8-18(7-1)12-14-5-6-16-17(14)20-10-9-19(16)13-15-4-3-11-21-15/h1-4,7-8,11,14,16-17H,5-6,9-10,12-13H2/t14-,16+,17-/m1/s1. The summed E-state index contributed by atoms with van der Waals surface area (Å²) >= 11 is 1.87. The molecule has 1 aliphatic carbocycles. The highest BCUT2D eigenvalue weighted by Crippen LogP contribution is 2.36. The van der Waals surface area contributed by atoms with E-state index in [0.717, 1.165) is 26.2 Å². The lowest BCUT2D eigenvalue weighted by atomic mass is 10.0.